The predicted octanol–water partition coefficient (Wildman–Crippen LogP) is -0.457. The molecular formula is C15H31N4O6P. The van der Waals surface area contributed by atoms with E-state index in [9.17, 15) is 28.9 Å². The molecule has 0 aromatic heterocycles. The highest BCUT2D eigenvalue weighted by molar-refractivity contribution is 7.58. The standard InChI is InChI=1S/C15H31N4O6P/c1-4-6-10(17)13(20)18-11(7-5-2)14(21)19-12(15(22)23)8-26(24,25)9(3)16/h9-12H,4-8,16-17H2,1-3H3,(H,18,20)(H,19,21)(H,22,23)(H,24,25)/t9?,10-,11-,12?/m0/s1. The van der Waals surface area contributed by atoms with Gasteiger partial charge in [0.2, 0.25) is 19.2 Å². The fourth-order valence-electron chi connectivity index (χ4n) is 2.16. The number of carbonyl (C=O) groups excluding carboxylic acids is 2. The lowest BCUT2D eigenvalue weighted by Crippen LogP contribution is -2.55. The molecule has 0 aliphatic heterocycles. The molecule has 11 heteroatoms. The van der Waals surface area contributed by atoms with Crippen molar-refractivity contribution in [1.29, 1.82) is 0 Å². The van der Waals surface area contributed by atoms with Crippen LogP contribution in [0.15, 0.2) is 0 Å². The highest BCUT2D eigenvalue weighted by Gasteiger charge is 2.34. The number of hydrogen-bond donors (Lipinski definition) is 6. The van der Waals surface area contributed by atoms with Crippen LogP contribution in [0.1, 0.15) is 46.5 Å². The minimum absolute atomic E-state index is 0.271. The first kappa shape index (κ1) is 24.5. The van der Waals surface area contributed by atoms with Gasteiger partial charge >= 0.3 is 5.97 Å². The molecule has 5 atom stereocenters. The summed E-state index contributed by atoms with van der Waals surface area (Å²) in [6.07, 6.45) is 1.27. The third kappa shape index (κ3) is 8.27. The van der Waals surface area contributed by atoms with E-state index in [1.54, 1.807) is 6.92 Å². The Labute approximate surface area is 153 Å². The maximum atomic E-state index is 12.4. The third-order valence-electron chi connectivity index (χ3n) is 3.84. The first-order valence-electron chi connectivity index (χ1n) is 8.62. The second-order valence-corrected chi connectivity index (χ2v) is 9.01. The SMILES string of the molecule is CCC[C@H](NC(=O)[C@@H](N)CCC)C(=O)NC(CP(=O)(O)C(C)N)C(=O)O. The first-order valence-corrected chi connectivity index (χ1v) is 10.5. The second kappa shape index (κ2) is 11.3. The van der Waals surface area contributed by atoms with Crippen molar-refractivity contribution in [2.45, 2.75) is 70.4 Å². The highest BCUT2D eigenvalue weighted by atomic mass is 31.2. The molecule has 8 N–H and O–H groups in total. The van der Waals surface area contributed by atoms with Gasteiger partial charge in [-0.15, -0.1) is 0 Å². The zero-order valence-electron chi connectivity index (χ0n) is 15.5. The van der Waals surface area contributed by atoms with E-state index in [2.05, 4.69) is 10.6 Å². The topological polar surface area (TPSA) is 185 Å². The summed E-state index contributed by atoms with van der Waals surface area (Å²) in [5, 5.41) is 13.9. The van der Waals surface area contributed by atoms with Crippen LogP contribution in [0.5, 0.6) is 0 Å². The maximum absolute atomic E-state index is 12.4. The monoisotopic (exact) mass is 394 g/mol. The van der Waals surface area contributed by atoms with Gasteiger partial charge in [-0.25, -0.2) is 4.79 Å². The summed E-state index contributed by atoms with van der Waals surface area (Å²) in [5.74, 6) is -3.84. The smallest absolute Gasteiger partial charge is 0.326 e. The zero-order chi connectivity index (χ0) is 20.5. The Morgan fingerprint density at radius 1 is 1.00 bits per heavy atom. The van der Waals surface area contributed by atoms with E-state index in [1.165, 1.54) is 6.92 Å². The van der Waals surface area contributed by atoms with E-state index in [1.807, 2.05) is 6.92 Å². The van der Waals surface area contributed by atoms with Gasteiger partial charge in [-0.3, -0.25) is 14.2 Å². The molecule has 0 fully saturated rings. The first-order chi connectivity index (χ1) is 12.0. The van der Waals surface area contributed by atoms with Gasteiger partial charge in [0.15, 0.2) is 0 Å². The number of carboxylic acids is 1. The van der Waals surface area contributed by atoms with E-state index in [0.717, 1.165) is 0 Å². The van der Waals surface area contributed by atoms with Gasteiger partial charge in [-0.1, -0.05) is 26.7 Å². The summed E-state index contributed by atoms with van der Waals surface area (Å²) in [4.78, 5) is 45.5. The molecular weight excluding hydrogens is 363 g/mol. The lowest BCUT2D eigenvalue weighted by Gasteiger charge is -2.24. The van der Waals surface area contributed by atoms with Crippen LogP contribution < -0.4 is 22.1 Å². The Morgan fingerprint density at radius 2 is 1.50 bits per heavy atom. The Kier molecular flexibility index (Phi) is 10.6. The fourth-order valence-corrected chi connectivity index (χ4v) is 3.27. The van der Waals surface area contributed by atoms with Gasteiger partial charge < -0.3 is 32.1 Å². The molecule has 0 rings (SSSR count). The van der Waals surface area contributed by atoms with Crippen molar-refractivity contribution in [2.24, 2.45) is 11.5 Å². The minimum atomic E-state index is -3.95. The van der Waals surface area contributed by atoms with Crippen molar-refractivity contribution in [3.8, 4) is 0 Å². The van der Waals surface area contributed by atoms with Crippen LogP contribution in [0.25, 0.3) is 0 Å². The van der Waals surface area contributed by atoms with Crippen LogP contribution in [-0.4, -0.2) is 57.9 Å². The number of nitrogens with two attached hydrogens (primary N) is 2. The zero-order valence-corrected chi connectivity index (χ0v) is 16.4. The molecule has 0 saturated carbocycles. The second-order valence-electron chi connectivity index (χ2n) is 6.32. The quantitative estimate of drug-likeness (QED) is 0.240. The van der Waals surface area contributed by atoms with Crippen LogP contribution in [0.4, 0.5) is 0 Å². The summed E-state index contributed by atoms with van der Waals surface area (Å²) in [6.45, 7) is 4.95. The number of carbonyl (C=O) groups is 3. The van der Waals surface area contributed by atoms with Gasteiger partial charge in [-0.2, -0.15) is 0 Å². The molecule has 0 aliphatic rings. The number of nitrogens with one attached hydrogen (secondary N) is 2. The van der Waals surface area contributed by atoms with Crippen LogP contribution in [0, 0.1) is 0 Å². The number of aliphatic carboxylic acids is 1. The Hall–Kier alpha value is -1.48. The predicted molar refractivity (Wildman–Crippen MR) is 97.6 cm³/mol. The van der Waals surface area contributed by atoms with Crippen molar-refractivity contribution in [3.63, 3.8) is 0 Å². The van der Waals surface area contributed by atoms with E-state index in [-0.39, 0.29) is 6.42 Å². The molecule has 10 nitrogen and oxygen atoms in total. The number of hydrogen-bond acceptors (Lipinski definition) is 6. The molecule has 0 heterocycles. The van der Waals surface area contributed by atoms with E-state index < -0.39 is 55.2 Å². The largest absolute Gasteiger partial charge is 0.480 e. The molecule has 0 aromatic rings. The Morgan fingerprint density at radius 3 is 1.92 bits per heavy atom. The van der Waals surface area contributed by atoms with Gasteiger partial charge in [0.1, 0.15) is 12.1 Å². The lowest BCUT2D eigenvalue weighted by atomic mass is 10.1. The third-order valence-corrected chi connectivity index (χ3v) is 6.00. The molecule has 2 amide bonds. The molecule has 0 radical (unpaired) electrons. The number of amides is 2. The summed E-state index contributed by atoms with van der Waals surface area (Å²) < 4.78 is 12.0. The van der Waals surface area contributed by atoms with E-state index >= 15 is 0 Å². The average Bonchev–Trinajstić information content (AvgIpc) is 2.53. The molecule has 0 saturated heterocycles. The van der Waals surface area contributed by atoms with Gasteiger partial charge in [0.05, 0.1) is 18.0 Å². The van der Waals surface area contributed by atoms with E-state index in [0.29, 0.717) is 19.3 Å². The summed E-state index contributed by atoms with van der Waals surface area (Å²) >= 11 is 0. The molecule has 3 unspecified atom stereocenters. The molecule has 0 spiro atoms. The summed E-state index contributed by atoms with van der Waals surface area (Å²) in [7, 11) is -3.95. The van der Waals surface area contributed by atoms with E-state index in [4.69, 9.17) is 11.5 Å². The lowest BCUT2D eigenvalue weighted by molar-refractivity contribution is -0.141. The number of carboxylic acid groups (broad SMARTS) is 1. The number of rotatable bonds is 12. The maximum Gasteiger partial charge on any atom is 0.326 e. The molecule has 152 valence electrons. The van der Waals surface area contributed by atoms with Crippen molar-refractivity contribution in [2.75, 3.05) is 6.16 Å². The normalized spacial score (nSPS) is 18.1. The summed E-state index contributed by atoms with van der Waals surface area (Å²) in [5.41, 5.74) is 11.1. The summed E-state index contributed by atoms with van der Waals surface area (Å²) in [6, 6.07) is -3.34. The van der Waals surface area contributed by atoms with Crippen molar-refractivity contribution >= 4 is 25.2 Å². The average molecular weight is 394 g/mol. The minimum Gasteiger partial charge on any atom is -0.480 e. The fraction of sp³-hybridized carbons (Fsp3) is 0.800. The molecule has 0 aromatic carbocycles. The van der Waals surface area contributed by atoms with Crippen molar-refractivity contribution < 1.29 is 28.9 Å². The molecule has 0 aliphatic carbocycles. The molecule has 26 heavy (non-hydrogen) atoms. The van der Waals surface area contributed by atoms with Gasteiger partial charge in [0.25, 0.3) is 0 Å². The Bertz CT molecular complexity index is 542. The van der Waals surface area contributed by atoms with Gasteiger partial charge in [-0.05, 0) is 19.8 Å². The van der Waals surface area contributed by atoms with Crippen molar-refractivity contribution in [3.05, 3.63) is 0 Å². The highest BCUT2D eigenvalue weighted by Crippen LogP contribution is 2.44. The van der Waals surface area contributed by atoms with Crippen molar-refractivity contribution in [1.82, 2.24) is 10.6 Å². The Balaban J connectivity index is 5.12. The molecule has 0 bridgehead atoms. The van der Waals surface area contributed by atoms with Crippen LogP contribution in [-0.2, 0) is 18.9 Å². The van der Waals surface area contributed by atoms with Crippen LogP contribution >= 0.6 is 7.37 Å². The van der Waals surface area contributed by atoms with Crippen LogP contribution in [0.3, 0.4) is 0 Å². The van der Waals surface area contributed by atoms with Crippen LogP contribution in [0.2, 0.25) is 0 Å². The van der Waals surface area contributed by atoms with Gasteiger partial charge in [0, 0.05) is 0 Å².